The lowest BCUT2D eigenvalue weighted by molar-refractivity contribution is -0.114. The highest BCUT2D eigenvalue weighted by atomic mass is 16.2. The molecule has 0 aliphatic heterocycles. The Bertz CT molecular complexity index is 355. The van der Waals surface area contributed by atoms with Gasteiger partial charge in [-0.3, -0.25) is 9.59 Å². The van der Waals surface area contributed by atoms with Crippen molar-refractivity contribution in [1.82, 2.24) is 9.55 Å². The fourth-order valence-corrected chi connectivity index (χ4v) is 0.979. The monoisotopic (exact) mass is 182 g/mol. The molecule has 0 atom stereocenters. The summed E-state index contributed by atoms with van der Waals surface area (Å²) in [5, 5.41) is 2.40. The number of nitrogens with zero attached hydrogens (tertiary/aromatic N) is 2. The van der Waals surface area contributed by atoms with Crippen LogP contribution in [0.15, 0.2) is 6.33 Å². The number of nitrogens with one attached hydrogen (secondary N) is 1. The molecule has 0 radical (unpaired) electrons. The van der Waals surface area contributed by atoms with Gasteiger partial charge >= 0.3 is 0 Å². The van der Waals surface area contributed by atoms with Crippen molar-refractivity contribution in [3.05, 3.63) is 12.0 Å². The molecule has 6 heteroatoms. The number of imidazole rings is 1. The number of carbonyl (C=O) groups excluding carboxylic acids is 2. The maximum atomic E-state index is 10.9. The molecule has 1 aromatic heterocycles. The number of nitrogens with two attached hydrogens (primary N) is 1. The van der Waals surface area contributed by atoms with Crippen molar-refractivity contribution in [1.29, 1.82) is 0 Å². The first kappa shape index (κ1) is 9.24. The fourth-order valence-electron chi connectivity index (χ4n) is 0.979. The molecule has 2 amide bonds. The van der Waals surface area contributed by atoms with Crippen molar-refractivity contribution in [3.63, 3.8) is 0 Å². The predicted octanol–water partition coefficient (Wildman–Crippen LogP) is -0.523. The van der Waals surface area contributed by atoms with Crippen LogP contribution in [0, 0.1) is 0 Å². The van der Waals surface area contributed by atoms with E-state index in [1.54, 1.807) is 7.05 Å². The molecular formula is C7H10N4O2. The van der Waals surface area contributed by atoms with Gasteiger partial charge in [-0.25, -0.2) is 4.98 Å². The van der Waals surface area contributed by atoms with E-state index in [2.05, 4.69) is 10.3 Å². The van der Waals surface area contributed by atoms with Crippen LogP contribution >= 0.6 is 0 Å². The van der Waals surface area contributed by atoms with Gasteiger partial charge in [-0.1, -0.05) is 0 Å². The first-order chi connectivity index (χ1) is 6.02. The van der Waals surface area contributed by atoms with Gasteiger partial charge in [0.05, 0.1) is 6.33 Å². The molecule has 0 aromatic carbocycles. The zero-order chi connectivity index (χ0) is 10.0. The Labute approximate surface area is 74.7 Å². The molecule has 1 heterocycles. The maximum Gasteiger partial charge on any atom is 0.269 e. The molecule has 6 nitrogen and oxygen atoms in total. The number of primary amides is 1. The molecule has 13 heavy (non-hydrogen) atoms. The van der Waals surface area contributed by atoms with Gasteiger partial charge in [0, 0.05) is 14.0 Å². The van der Waals surface area contributed by atoms with Gasteiger partial charge in [-0.15, -0.1) is 0 Å². The van der Waals surface area contributed by atoms with Crippen LogP contribution in [0.2, 0.25) is 0 Å². The van der Waals surface area contributed by atoms with Crippen LogP contribution in [-0.2, 0) is 11.8 Å². The third-order valence-electron chi connectivity index (χ3n) is 1.46. The van der Waals surface area contributed by atoms with Crippen molar-refractivity contribution in [2.24, 2.45) is 12.8 Å². The van der Waals surface area contributed by atoms with E-state index in [0.29, 0.717) is 0 Å². The predicted molar refractivity (Wildman–Crippen MR) is 46.0 cm³/mol. The average Bonchev–Trinajstić information content (AvgIpc) is 2.30. The summed E-state index contributed by atoms with van der Waals surface area (Å²) in [7, 11) is 1.62. The molecule has 1 aromatic rings. The summed E-state index contributed by atoms with van der Waals surface area (Å²) in [4.78, 5) is 25.4. The summed E-state index contributed by atoms with van der Waals surface area (Å²) in [5.41, 5.74) is 5.27. The largest absolute Gasteiger partial charge is 0.364 e. The van der Waals surface area contributed by atoms with Crippen molar-refractivity contribution < 1.29 is 9.59 Å². The standard InChI is InChI=1S/C7H10N4O2/c1-4(12)10-7-5(6(8)13)11(2)3-9-7/h3H,1-2H3,(H2,8,13)(H,10,12). The number of hydrogen-bond donors (Lipinski definition) is 2. The van der Waals surface area contributed by atoms with Gasteiger partial charge in [-0.05, 0) is 0 Å². The minimum atomic E-state index is -0.622. The highest BCUT2D eigenvalue weighted by Crippen LogP contribution is 2.10. The lowest BCUT2D eigenvalue weighted by Crippen LogP contribution is -2.18. The third-order valence-corrected chi connectivity index (χ3v) is 1.46. The molecule has 0 saturated carbocycles. The minimum absolute atomic E-state index is 0.190. The molecule has 1 rings (SSSR count). The Morgan fingerprint density at radius 3 is 2.69 bits per heavy atom. The van der Waals surface area contributed by atoms with Gasteiger partial charge < -0.3 is 15.6 Å². The second kappa shape index (κ2) is 3.26. The number of aromatic nitrogens is 2. The van der Waals surface area contributed by atoms with E-state index in [1.165, 1.54) is 17.8 Å². The summed E-state index contributed by atoms with van der Waals surface area (Å²) >= 11 is 0. The molecule has 0 bridgehead atoms. The lowest BCUT2D eigenvalue weighted by atomic mass is 10.4. The zero-order valence-corrected chi connectivity index (χ0v) is 7.37. The van der Waals surface area contributed by atoms with E-state index in [1.807, 2.05) is 0 Å². The Kier molecular flexibility index (Phi) is 2.32. The Morgan fingerprint density at radius 2 is 2.23 bits per heavy atom. The van der Waals surface area contributed by atoms with Crippen LogP contribution in [0.4, 0.5) is 5.82 Å². The second-order valence-corrected chi connectivity index (χ2v) is 2.60. The Morgan fingerprint density at radius 1 is 1.62 bits per heavy atom. The molecule has 0 unspecified atom stereocenters. The normalized spacial score (nSPS) is 9.69. The Hall–Kier alpha value is -1.85. The number of anilines is 1. The second-order valence-electron chi connectivity index (χ2n) is 2.60. The highest BCUT2D eigenvalue weighted by molar-refractivity contribution is 6.00. The number of carbonyl (C=O) groups is 2. The zero-order valence-electron chi connectivity index (χ0n) is 7.37. The SMILES string of the molecule is CC(=O)Nc1ncn(C)c1C(N)=O. The molecular weight excluding hydrogens is 172 g/mol. The smallest absolute Gasteiger partial charge is 0.269 e. The van der Waals surface area contributed by atoms with Crippen LogP contribution < -0.4 is 11.1 Å². The van der Waals surface area contributed by atoms with Gasteiger partial charge in [0.2, 0.25) is 5.91 Å². The van der Waals surface area contributed by atoms with Crippen molar-refractivity contribution in [2.45, 2.75) is 6.92 Å². The number of rotatable bonds is 2. The van der Waals surface area contributed by atoms with Crippen molar-refractivity contribution >= 4 is 17.6 Å². The van der Waals surface area contributed by atoms with E-state index >= 15 is 0 Å². The van der Waals surface area contributed by atoms with E-state index in [0.717, 1.165) is 0 Å². The van der Waals surface area contributed by atoms with Crippen LogP contribution in [0.3, 0.4) is 0 Å². The maximum absolute atomic E-state index is 10.9. The fraction of sp³-hybridized carbons (Fsp3) is 0.286. The molecule has 3 N–H and O–H groups in total. The van der Waals surface area contributed by atoms with Gasteiger partial charge in [0.25, 0.3) is 5.91 Å². The van der Waals surface area contributed by atoms with Crippen LogP contribution in [0.1, 0.15) is 17.4 Å². The van der Waals surface area contributed by atoms with E-state index in [-0.39, 0.29) is 17.4 Å². The van der Waals surface area contributed by atoms with E-state index in [9.17, 15) is 9.59 Å². The molecule has 0 saturated heterocycles. The molecule has 0 aliphatic carbocycles. The summed E-state index contributed by atoms with van der Waals surface area (Å²) in [6.45, 7) is 1.33. The topological polar surface area (TPSA) is 90.0 Å². The molecule has 0 fully saturated rings. The van der Waals surface area contributed by atoms with Crippen molar-refractivity contribution in [3.8, 4) is 0 Å². The van der Waals surface area contributed by atoms with Crippen LogP contribution in [-0.4, -0.2) is 21.4 Å². The van der Waals surface area contributed by atoms with E-state index in [4.69, 9.17) is 5.73 Å². The van der Waals surface area contributed by atoms with Gasteiger partial charge in [0.15, 0.2) is 11.5 Å². The average molecular weight is 182 g/mol. The summed E-state index contributed by atoms with van der Waals surface area (Å²) in [6, 6.07) is 0. The molecule has 0 aliphatic rings. The van der Waals surface area contributed by atoms with Crippen LogP contribution in [0.25, 0.3) is 0 Å². The summed E-state index contributed by atoms with van der Waals surface area (Å²) < 4.78 is 1.45. The molecule has 70 valence electrons. The Balaban J connectivity index is 3.07. The van der Waals surface area contributed by atoms with E-state index < -0.39 is 5.91 Å². The molecule has 0 spiro atoms. The minimum Gasteiger partial charge on any atom is -0.364 e. The highest BCUT2D eigenvalue weighted by Gasteiger charge is 2.14. The summed E-state index contributed by atoms with van der Waals surface area (Å²) in [6.07, 6.45) is 1.41. The van der Waals surface area contributed by atoms with Crippen LogP contribution in [0.5, 0.6) is 0 Å². The number of aryl methyl sites for hydroxylation is 1. The first-order valence-electron chi connectivity index (χ1n) is 3.61. The first-order valence-corrected chi connectivity index (χ1v) is 3.61. The third kappa shape index (κ3) is 1.84. The van der Waals surface area contributed by atoms with Gasteiger partial charge in [0.1, 0.15) is 0 Å². The number of amides is 2. The lowest BCUT2D eigenvalue weighted by Gasteiger charge is -2.00. The summed E-state index contributed by atoms with van der Waals surface area (Å²) in [5.74, 6) is -0.715. The number of hydrogen-bond acceptors (Lipinski definition) is 3. The quantitative estimate of drug-likeness (QED) is 0.644. The van der Waals surface area contributed by atoms with Gasteiger partial charge in [-0.2, -0.15) is 0 Å². The van der Waals surface area contributed by atoms with Crippen molar-refractivity contribution in [2.75, 3.05) is 5.32 Å².